The zero-order valence-electron chi connectivity index (χ0n) is 16.1. The van der Waals surface area contributed by atoms with Crippen molar-refractivity contribution in [1.29, 1.82) is 0 Å². The maximum Gasteiger partial charge on any atom is 0.261 e. The highest BCUT2D eigenvalue weighted by Gasteiger charge is 2.18. The van der Waals surface area contributed by atoms with E-state index >= 15 is 0 Å². The molecule has 0 aliphatic heterocycles. The Balaban J connectivity index is 1.83. The van der Waals surface area contributed by atoms with E-state index in [1.807, 2.05) is 13.8 Å². The van der Waals surface area contributed by atoms with Gasteiger partial charge >= 0.3 is 0 Å². The van der Waals surface area contributed by atoms with E-state index in [2.05, 4.69) is 10.0 Å². The molecule has 29 heavy (non-hydrogen) atoms. The van der Waals surface area contributed by atoms with Gasteiger partial charge in [-0.25, -0.2) is 8.42 Å². The minimum absolute atomic E-state index is 0.00840. The Hall–Kier alpha value is -3.32. The number of nitrogens with one attached hydrogen (secondary N) is 2. The maximum atomic E-state index is 12.8. The molecule has 1 amide bonds. The Bertz CT molecular complexity index is 1100. The van der Waals surface area contributed by atoms with Gasteiger partial charge < -0.3 is 10.1 Å². The Morgan fingerprint density at radius 3 is 2.31 bits per heavy atom. The first kappa shape index (κ1) is 20.4. The van der Waals surface area contributed by atoms with Gasteiger partial charge in [-0.2, -0.15) is 0 Å². The maximum absolute atomic E-state index is 12.8. The number of sulfonamides is 1. The summed E-state index contributed by atoms with van der Waals surface area (Å²) in [4.78, 5) is 12.9. The molecule has 0 aliphatic carbocycles. The molecule has 0 heterocycles. The largest absolute Gasteiger partial charge is 0.491 e. The SMILES string of the molecule is CC(C)Oc1cccc(NC(=O)c2ccccc2NS(=O)(=O)c2ccccc2)c1. The lowest BCUT2D eigenvalue weighted by Gasteiger charge is -2.14. The van der Waals surface area contributed by atoms with Crippen LogP contribution >= 0.6 is 0 Å². The summed E-state index contributed by atoms with van der Waals surface area (Å²) in [6, 6.07) is 21.5. The van der Waals surface area contributed by atoms with Crippen molar-refractivity contribution in [1.82, 2.24) is 0 Å². The summed E-state index contributed by atoms with van der Waals surface area (Å²) in [5.41, 5.74) is 0.958. The highest BCUT2D eigenvalue weighted by atomic mass is 32.2. The Kier molecular flexibility index (Phi) is 6.19. The zero-order valence-corrected chi connectivity index (χ0v) is 16.9. The summed E-state index contributed by atoms with van der Waals surface area (Å²) >= 11 is 0. The van der Waals surface area contributed by atoms with Crippen molar-refractivity contribution in [2.24, 2.45) is 0 Å². The number of anilines is 2. The van der Waals surface area contributed by atoms with Crippen LogP contribution in [0.3, 0.4) is 0 Å². The molecule has 2 N–H and O–H groups in total. The zero-order chi connectivity index (χ0) is 20.9. The van der Waals surface area contributed by atoms with Crippen LogP contribution in [0.2, 0.25) is 0 Å². The van der Waals surface area contributed by atoms with Gasteiger partial charge in [0, 0.05) is 11.8 Å². The van der Waals surface area contributed by atoms with Gasteiger partial charge in [0.25, 0.3) is 15.9 Å². The van der Waals surface area contributed by atoms with Crippen molar-refractivity contribution in [3.8, 4) is 5.75 Å². The van der Waals surface area contributed by atoms with Crippen LogP contribution in [0.1, 0.15) is 24.2 Å². The van der Waals surface area contributed by atoms with Crippen LogP contribution in [0.15, 0.2) is 83.8 Å². The summed E-state index contributed by atoms with van der Waals surface area (Å²) in [7, 11) is -3.81. The average molecular weight is 410 g/mol. The molecule has 0 aliphatic rings. The molecular weight excluding hydrogens is 388 g/mol. The Morgan fingerprint density at radius 2 is 1.59 bits per heavy atom. The van der Waals surface area contributed by atoms with E-state index in [0.717, 1.165) is 0 Å². The third-order valence-electron chi connectivity index (χ3n) is 3.93. The molecule has 0 radical (unpaired) electrons. The van der Waals surface area contributed by atoms with Crippen LogP contribution in [0.4, 0.5) is 11.4 Å². The van der Waals surface area contributed by atoms with E-state index in [1.54, 1.807) is 66.7 Å². The van der Waals surface area contributed by atoms with Gasteiger partial charge in [0.15, 0.2) is 0 Å². The van der Waals surface area contributed by atoms with Gasteiger partial charge in [-0.3, -0.25) is 9.52 Å². The monoisotopic (exact) mass is 410 g/mol. The molecule has 0 unspecified atom stereocenters. The summed E-state index contributed by atoms with van der Waals surface area (Å²) in [5, 5.41) is 2.78. The first-order valence-corrected chi connectivity index (χ1v) is 10.6. The molecular formula is C22H22N2O4S. The number of rotatable bonds is 7. The fourth-order valence-electron chi connectivity index (χ4n) is 2.69. The van der Waals surface area contributed by atoms with Crippen LogP contribution < -0.4 is 14.8 Å². The molecule has 3 aromatic carbocycles. The quantitative estimate of drug-likeness (QED) is 0.599. The minimum atomic E-state index is -3.81. The number of carbonyl (C=O) groups is 1. The highest BCUT2D eigenvalue weighted by molar-refractivity contribution is 7.92. The molecule has 0 saturated carbocycles. The second-order valence-corrected chi connectivity index (χ2v) is 8.30. The number of hydrogen-bond donors (Lipinski definition) is 2. The molecule has 3 rings (SSSR count). The summed E-state index contributed by atoms with van der Waals surface area (Å²) in [6.07, 6.45) is 0.00840. The minimum Gasteiger partial charge on any atom is -0.491 e. The van der Waals surface area contributed by atoms with Crippen molar-refractivity contribution in [2.45, 2.75) is 24.8 Å². The van der Waals surface area contributed by atoms with Gasteiger partial charge in [0.05, 0.1) is 22.3 Å². The summed E-state index contributed by atoms with van der Waals surface area (Å²) in [6.45, 7) is 3.83. The van der Waals surface area contributed by atoms with Crippen LogP contribution in [-0.4, -0.2) is 20.4 Å². The van der Waals surface area contributed by atoms with Crippen LogP contribution in [0.5, 0.6) is 5.75 Å². The van der Waals surface area contributed by atoms with Crippen LogP contribution in [0, 0.1) is 0 Å². The van der Waals surface area contributed by atoms with Crippen LogP contribution in [-0.2, 0) is 10.0 Å². The van der Waals surface area contributed by atoms with Crippen molar-refractivity contribution < 1.29 is 17.9 Å². The van der Waals surface area contributed by atoms with Crippen molar-refractivity contribution >= 4 is 27.3 Å². The van der Waals surface area contributed by atoms with Gasteiger partial charge in [-0.1, -0.05) is 36.4 Å². The van der Waals surface area contributed by atoms with Gasteiger partial charge in [-0.15, -0.1) is 0 Å². The third kappa shape index (κ3) is 5.36. The fraction of sp³-hybridized carbons (Fsp3) is 0.136. The van der Waals surface area contributed by atoms with E-state index in [1.165, 1.54) is 12.1 Å². The fourth-order valence-corrected chi connectivity index (χ4v) is 3.79. The lowest BCUT2D eigenvalue weighted by Crippen LogP contribution is -2.18. The normalized spacial score (nSPS) is 11.1. The molecule has 0 fully saturated rings. The topological polar surface area (TPSA) is 84.5 Å². The van der Waals surface area contributed by atoms with Crippen LogP contribution in [0.25, 0.3) is 0 Å². The third-order valence-corrected chi connectivity index (χ3v) is 5.31. The Labute approximate surface area is 170 Å². The molecule has 150 valence electrons. The molecule has 3 aromatic rings. The standard InChI is InChI=1S/C22H22N2O4S/c1-16(2)28-18-10-8-9-17(15-18)23-22(25)20-13-6-7-14-21(20)24-29(26,27)19-11-4-3-5-12-19/h3-16,24H,1-2H3,(H,23,25). The first-order valence-electron chi connectivity index (χ1n) is 9.10. The summed E-state index contributed by atoms with van der Waals surface area (Å²) < 4.78 is 33.4. The smallest absolute Gasteiger partial charge is 0.261 e. The van der Waals surface area contributed by atoms with E-state index in [0.29, 0.717) is 11.4 Å². The summed E-state index contributed by atoms with van der Waals surface area (Å²) in [5.74, 6) is 0.203. The predicted molar refractivity (Wildman–Crippen MR) is 114 cm³/mol. The highest BCUT2D eigenvalue weighted by Crippen LogP contribution is 2.23. The molecule has 7 heteroatoms. The number of carbonyl (C=O) groups excluding carboxylic acids is 1. The Morgan fingerprint density at radius 1 is 0.897 bits per heavy atom. The number of amides is 1. The molecule has 0 saturated heterocycles. The second-order valence-electron chi connectivity index (χ2n) is 6.61. The van der Waals surface area contributed by atoms with Crippen molar-refractivity contribution in [3.05, 3.63) is 84.4 Å². The van der Waals surface area contributed by atoms with E-state index in [9.17, 15) is 13.2 Å². The lowest BCUT2D eigenvalue weighted by atomic mass is 10.1. The molecule has 0 spiro atoms. The van der Waals surface area contributed by atoms with E-state index < -0.39 is 15.9 Å². The number of hydrogen-bond acceptors (Lipinski definition) is 4. The van der Waals surface area contributed by atoms with Crippen molar-refractivity contribution in [3.63, 3.8) is 0 Å². The van der Waals surface area contributed by atoms with E-state index in [-0.39, 0.29) is 22.3 Å². The van der Waals surface area contributed by atoms with Gasteiger partial charge in [0.2, 0.25) is 0 Å². The number of para-hydroxylation sites is 1. The average Bonchev–Trinajstić information content (AvgIpc) is 2.68. The second kappa shape index (κ2) is 8.79. The lowest BCUT2D eigenvalue weighted by molar-refractivity contribution is 0.102. The van der Waals surface area contributed by atoms with E-state index in [4.69, 9.17) is 4.74 Å². The molecule has 0 atom stereocenters. The molecule has 0 aromatic heterocycles. The number of benzene rings is 3. The number of ether oxygens (including phenoxy) is 1. The molecule has 6 nitrogen and oxygen atoms in total. The van der Waals surface area contributed by atoms with Gasteiger partial charge in [-0.05, 0) is 50.2 Å². The predicted octanol–water partition coefficient (Wildman–Crippen LogP) is 4.53. The van der Waals surface area contributed by atoms with Crippen molar-refractivity contribution in [2.75, 3.05) is 10.0 Å². The van der Waals surface area contributed by atoms with Gasteiger partial charge in [0.1, 0.15) is 5.75 Å². The first-order chi connectivity index (χ1) is 13.8. The molecule has 0 bridgehead atoms.